The molecule has 2 rings (SSSR count). The third-order valence-electron chi connectivity index (χ3n) is 4.33. The molecule has 3 nitrogen and oxygen atoms in total. The summed E-state index contributed by atoms with van der Waals surface area (Å²) >= 11 is 1.73. The van der Waals surface area contributed by atoms with Gasteiger partial charge in [-0.3, -0.25) is 4.79 Å². The Kier molecular flexibility index (Phi) is 5.11. The summed E-state index contributed by atoms with van der Waals surface area (Å²) in [5, 5.41) is 0. The molecule has 1 aromatic carbocycles. The Morgan fingerprint density at radius 3 is 2.40 bits per heavy atom. The second-order valence-electron chi connectivity index (χ2n) is 5.70. The summed E-state index contributed by atoms with van der Waals surface area (Å²) in [5.74, 6) is 0.214. The first kappa shape index (κ1) is 15.4. The van der Waals surface area contributed by atoms with Gasteiger partial charge in [0.05, 0.1) is 5.41 Å². The summed E-state index contributed by atoms with van der Waals surface area (Å²) in [7, 11) is 1.89. The van der Waals surface area contributed by atoms with Crippen molar-refractivity contribution >= 4 is 17.7 Å². The molecule has 20 heavy (non-hydrogen) atoms. The van der Waals surface area contributed by atoms with E-state index in [2.05, 4.69) is 30.5 Å². The fourth-order valence-electron chi connectivity index (χ4n) is 3.04. The third kappa shape index (κ3) is 3.18. The Balaban J connectivity index is 2.03. The van der Waals surface area contributed by atoms with Crippen LogP contribution in [-0.2, 0) is 11.3 Å². The van der Waals surface area contributed by atoms with Crippen LogP contribution in [0.4, 0.5) is 0 Å². The summed E-state index contributed by atoms with van der Waals surface area (Å²) in [4.78, 5) is 15.8. The third-order valence-corrected chi connectivity index (χ3v) is 5.07. The van der Waals surface area contributed by atoms with Crippen molar-refractivity contribution in [2.75, 3.05) is 19.8 Å². The number of hydrogen-bond acceptors (Lipinski definition) is 3. The minimum Gasteiger partial charge on any atom is -0.341 e. The highest BCUT2D eigenvalue weighted by molar-refractivity contribution is 7.98. The minimum atomic E-state index is -0.298. The lowest BCUT2D eigenvalue weighted by atomic mass is 9.84. The van der Waals surface area contributed by atoms with E-state index in [4.69, 9.17) is 5.73 Å². The van der Waals surface area contributed by atoms with E-state index in [-0.39, 0.29) is 11.3 Å². The van der Waals surface area contributed by atoms with E-state index < -0.39 is 0 Å². The van der Waals surface area contributed by atoms with Gasteiger partial charge < -0.3 is 10.6 Å². The number of hydrogen-bond donors (Lipinski definition) is 1. The Morgan fingerprint density at radius 1 is 1.30 bits per heavy atom. The Labute approximate surface area is 125 Å². The van der Waals surface area contributed by atoms with Crippen molar-refractivity contribution in [2.24, 2.45) is 11.1 Å². The maximum atomic E-state index is 12.7. The van der Waals surface area contributed by atoms with Crippen LogP contribution in [0.25, 0.3) is 0 Å². The van der Waals surface area contributed by atoms with Gasteiger partial charge in [0.25, 0.3) is 0 Å². The van der Waals surface area contributed by atoms with Crippen molar-refractivity contribution in [1.29, 1.82) is 0 Å². The fourth-order valence-corrected chi connectivity index (χ4v) is 3.45. The first-order valence-corrected chi connectivity index (χ1v) is 8.42. The predicted molar refractivity (Wildman–Crippen MR) is 84.7 cm³/mol. The lowest BCUT2D eigenvalue weighted by molar-refractivity contribution is -0.140. The zero-order chi connectivity index (χ0) is 14.6. The van der Waals surface area contributed by atoms with Crippen molar-refractivity contribution in [3.05, 3.63) is 29.8 Å². The molecule has 2 N–H and O–H groups in total. The van der Waals surface area contributed by atoms with Crippen LogP contribution in [0.2, 0.25) is 0 Å². The number of nitrogens with two attached hydrogens (primary N) is 1. The second kappa shape index (κ2) is 6.64. The molecule has 0 unspecified atom stereocenters. The van der Waals surface area contributed by atoms with E-state index >= 15 is 0 Å². The van der Waals surface area contributed by atoms with Crippen LogP contribution >= 0.6 is 11.8 Å². The van der Waals surface area contributed by atoms with Gasteiger partial charge in [0.15, 0.2) is 0 Å². The number of carbonyl (C=O) groups excluding carboxylic acids is 1. The second-order valence-corrected chi connectivity index (χ2v) is 6.58. The molecule has 0 bridgehead atoms. The number of nitrogens with zero attached hydrogens (tertiary/aromatic N) is 1. The maximum Gasteiger partial charge on any atom is 0.230 e. The molecule has 0 aromatic heterocycles. The molecular formula is C16H24N2OS. The molecule has 4 heteroatoms. The Morgan fingerprint density at radius 2 is 1.90 bits per heavy atom. The number of benzene rings is 1. The molecule has 1 aliphatic carbocycles. The van der Waals surface area contributed by atoms with Gasteiger partial charge in [0.2, 0.25) is 5.91 Å². The normalized spacial score (nSPS) is 17.1. The summed E-state index contributed by atoms with van der Waals surface area (Å²) in [6.07, 6.45) is 6.20. The van der Waals surface area contributed by atoms with Crippen molar-refractivity contribution in [1.82, 2.24) is 4.90 Å². The zero-order valence-electron chi connectivity index (χ0n) is 12.4. The molecule has 0 heterocycles. The SMILES string of the molecule is CSc1ccc(CN(C)C(=O)C2(CN)CCCC2)cc1. The van der Waals surface area contributed by atoms with E-state index in [1.54, 1.807) is 11.8 Å². The zero-order valence-corrected chi connectivity index (χ0v) is 13.2. The molecule has 0 saturated heterocycles. The molecule has 0 spiro atoms. The highest BCUT2D eigenvalue weighted by Gasteiger charge is 2.41. The summed E-state index contributed by atoms with van der Waals surface area (Å²) in [6.45, 7) is 1.14. The summed E-state index contributed by atoms with van der Waals surface area (Å²) in [6, 6.07) is 8.40. The van der Waals surface area contributed by atoms with Crippen molar-refractivity contribution in [3.8, 4) is 0 Å². The first-order valence-electron chi connectivity index (χ1n) is 7.20. The van der Waals surface area contributed by atoms with Gasteiger partial charge in [-0.2, -0.15) is 0 Å². The molecule has 1 amide bonds. The largest absolute Gasteiger partial charge is 0.341 e. The molecule has 0 radical (unpaired) electrons. The van der Waals surface area contributed by atoms with Crippen LogP contribution < -0.4 is 5.73 Å². The number of amides is 1. The van der Waals surface area contributed by atoms with Crippen LogP contribution in [0.3, 0.4) is 0 Å². The van der Waals surface area contributed by atoms with Gasteiger partial charge in [-0.05, 0) is 36.8 Å². The van der Waals surface area contributed by atoms with Gasteiger partial charge in [-0.1, -0.05) is 25.0 Å². The highest BCUT2D eigenvalue weighted by Crippen LogP contribution is 2.38. The maximum absolute atomic E-state index is 12.7. The molecule has 1 saturated carbocycles. The van der Waals surface area contributed by atoms with Gasteiger partial charge in [-0.15, -0.1) is 11.8 Å². The topological polar surface area (TPSA) is 46.3 Å². The van der Waals surface area contributed by atoms with Gasteiger partial charge in [0.1, 0.15) is 0 Å². The van der Waals surface area contributed by atoms with Gasteiger partial charge >= 0.3 is 0 Å². The van der Waals surface area contributed by atoms with Gasteiger partial charge in [-0.25, -0.2) is 0 Å². The van der Waals surface area contributed by atoms with Crippen molar-refractivity contribution in [3.63, 3.8) is 0 Å². The lowest BCUT2D eigenvalue weighted by Gasteiger charge is -2.31. The number of rotatable bonds is 5. The van der Waals surface area contributed by atoms with Crippen LogP contribution in [-0.4, -0.2) is 30.7 Å². The van der Waals surface area contributed by atoms with E-state index in [1.165, 1.54) is 10.5 Å². The van der Waals surface area contributed by atoms with E-state index in [1.807, 2.05) is 11.9 Å². The average molecular weight is 292 g/mol. The average Bonchev–Trinajstić information content (AvgIpc) is 2.97. The molecule has 110 valence electrons. The van der Waals surface area contributed by atoms with Crippen LogP contribution in [0, 0.1) is 5.41 Å². The first-order chi connectivity index (χ1) is 9.61. The minimum absolute atomic E-state index is 0.214. The standard InChI is InChI=1S/C16H24N2OS/c1-18(11-13-5-7-14(20-2)8-6-13)15(19)16(12-17)9-3-4-10-16/h5-8H,3-4,9-12,17H2,1-2H3. The van der Waals surface area contributed by atoms with Crippen molar-refractivity contribution in [2.45, 2.75) is 37.1 Å². The molecule has 0 atom stereocenters. The van der Waals surface area contributed by atoms with E-state index in [0.29, 0.717) is 13.1 Å². The lowest BCUT2D eigenvalue weighted by Crippen LogP contribution is -2.44. The summed E-state index contributed by atoms with van der Waals surface area (Å²) in [5.41, 5.74) is 6.76. The van der Waals surface area contributed by atoms with E-state index in [0.717, 1.165) is 25.7 Å². The van der Waals surface area contributed by atoms with Gasteiger partial charge in [0, 0.05) is 25.0 Å². The molecule has 1 aromatic rings. The van der Waals surface area contributed by atoms with Crippen LogP contribution in [0.1, 0.15) is 31.2 Å². The quantitative estimate of drug-likeness (QED) is 0.849. The van der Waals surface area contributed by atoms with E-state index in [9.17, 15) is 4.79 Å². The Bertz CT molecular complexity index is 452. The van der Waals surface area contributed by atoms with Crippen LogP contribution in [0.5, 0.6) is 0 Å². The fraction of sp³-hybridized carbons (Fsp3) is 0.562. The monoisotopic (exact) mass is 292 g/mol. The van der Waals surface area contributed by atoms with Crippen molar-refractivity contribution < 1.29 is 4.79 Å². The smallest absolute Gasteiger partial charge is 0.230 e. The number of thioether (sulfide) groups is 1. The molecule has 1 fully saturated rings. The summed E-state index contributed by atoms with van der Waals surface area (Å²) < 4.78 is 0. The molecular weight excluding hydrogens is 268 g/mol. The highest BCUT2D eigenvalue weighted by atomic mass is 32.2. The van der Waals surface area contributed by atoms with Crippen LogP contribution in [0.15, 0.2) is 29.2 Å². The Hall–Kier alpha value is -1.00. The number of carbonyl (C=O) groups is 1. The predicted octanol–water partition coefficient (Wildman–Crippen LogP) is 2.89. The molecule has 1 aliphatic rings. The molecule has 0 aliphatic heterocycles.